The number of carbonyl (C=O) groups excluding carboxylic acids is 1. The predicted octanol–water partition coefficient (Wildman–Crippen LogP) is 4.04. The van der Waals surface area contributed by atoms with Crippen molar-refractivity contribution < 1.29 is 19.0 Å². The Kier molecular flexibility index (Phi) is 4.09. The summed E-state index contributed by atoms with van der Waals surface area (Å²) in [5.41, 5.74) is 2.20. The highest BCUT2D eigenvalue weighted by molar-refractivity contribution is 5.86. The van der Waals surface area contributed by atoms with Gasteiger partial charge in [0.25, 0.3) is 0 Å². The maximum atomic E-state index is 12.2. The number of carbonyl (C=O) groups is 1. The van der Waals surface area contributed by atoms with Crippen molar-refractivity contribution in [2.45, 2.75) is 50.9 Å². The smallest absolute Gasteiger partial charge is 0.373 e. The van der Waals surface area contributed by atoms with Crippen LogP contribution in [0.15, 0.2) is 36.1 Å². The molecule has 1 saturated carbocycles. The normalized spacial score (nSPS) is 29.7. The molecule has 0 radical (unpaired) electrons. The average molecular weight is 328 g/mol. The average Bonchev–Trinajstić information content (AvgIpc) is 2.99. The fraction of sp³-hybridized carbons (Fsp3) is 0.550. The molecule has 1 aromatic carbocycles. The summed E-state index contributed by atoms with van der Waals surface area (Å²) in [6.45, 7) is 0.530. The van der Waals surface area contributed by atoms with Crippen LogP contribution in [-0.4, -0.2) is 13.1 Å². The Balaban J connectivity index is 1.70. The van der Waals surface area contributed by atoms with Gasteiger partial charge in [0.1, 0.15) is 0 Å². The first kappa shape index (κ1) is 15.7. The Morgan fingerprint density at radius 3 is 2.79 bits per heavy atom. The van der Waals surface area contributed by atoms with Gasteiger partial charge in [0.05, 0.1) is 13.7 Å². The molecule has 2 aliphatic heterocycles. The van der Waals surface area contributed by atoms with Crippen LogP contribution in [0.1, 0.15) is 49.7 Å². The Labute approximate surface area is 142 Å². The minimum absolute atomic E-state index is 0.291. The van der Waals surface area contributed by atoms with E-state index in [1.807, 2.05) is 18.2 Å². The predicted molar refractivity (Wildman–Crippen MR) is 88.8 cm³/mol. The van der Waals surface area contributed by atoms with E-state index in [0.29, 0.717) is 24.2 Å². The number of methoxy groups -OCH3 is 1. The molecule has 4 heteroatoms. The Morgan fingerprint density at radius 1 is 1.21 bits per heavy atom. The first-order chi connectivity index (χ1) is 11.7. The quantitative estimate of drug-likeness (QED) is 0.769. The largest absolute Gasteiger partial charge is 0.463 e. The van der Waals surface area contributed by atoms with Crippen LogP contribution in [0.2, 0.25) is 0 Å². The second-order valence-electron chi connectivity index (χ2n) is 7.09. The van der Waals surface area contributed by atoms with Crippen molar-refractivity contribution in [1.82, 2.24) is 0 Å². The third-order valence-corrected chi connectivity index (χ3v) is 5.68. The van der Waals surface area contributed by atoms with Gasteiger partial charge in [-0.05, 0) is 36.3 Å². The number of hydrogen-bond donors (Lipinski definition) is 0. The number of hydrogen-bond acceptors (Lipinski definition) is 4. The fourth-order valence-corrected chi connectivity index (χ4v) is 4.44. The van der Waals surface area contributed by atoms with Gasteiger partial charge in [0.15, 0.2) is 0 Å². The first-order valence-corrected chi connectivity index (χ1v) is 8.93. The second-order valence-corrected chi connectivity index (χ2v) is 7.09. The van der Waals surface area contributed by atoms with Gasteiger partial charge in [-0.2, -0.15) is 0 Å². The molecule has 0 amide bonds. The van der Waals surface area contributed by atoms with Crippen LogP contribution in [0.25, 0.3) is 0 Å². The van der Waals surface area contributed by atoms with E-state index in [4.69, 9.17) is 14.2 Å². The fourth-order valence-electron chi connectivity index (χ4n) is 4.44. The zero-order chi connectivity index (χ0) is 16.6. The zero-order valence-corrected chi connectivity index (χ0v) is 14.1. The second kappa shape index (κ2) is 6.25. The molecule has 0 bridgehead atoms. The monoisotopic (exact) mass is 328 g/mol. The van der Waals surface area contributed by atoms with Gasteiger partial charge in [-0.1, -0.05) is 43.5 Å². The van der Waals surface area contributed by atoms with Crippen LogP contribution >= 0.6 is 0 Å². The highest BCUT2D eigenvalue weighted by Crippen LogP contribution is 2.49. The molecule has 2 heterocycles. The molecule has 24 heavy (non-hydrogen) atoms. The SMILES string of the molecule is COC(=O)C1=C[C@H](C2CCCCC2)C[C@@]2(OCc3ccccc32)O1. The summed E-state index contributed by atoms with van der Waals surface area (Å²) >= 11 is 0. The summed E-state index contributed by atoms with van der Waals surface area (Å²) in [5, 5.41) is 0. The lowest BCUT2D eigenvalue weighted by Crippen LogP contribution is -2.38. The Bertz CT molecular complexity index is 659. The molecule has 3 aliphatic rings. The first-order valence-electron chi connectivity index (χ1n) is 8.93. The van der Waals surface area contributed by atoms with Crippen LogP contribution in [0.4, 0.5) is 0 Å². The van der Waals surface area contributed by atoms with E-state index in [-0.39, 0.29) is 0 Å². The number of fused-ring (bicyclic) bond motifs is 2. The van der Waals surface area contributed by atoms with Crippen LogP contribution in [0, 0.1) is 11.8 Å². The molecule has 2 atom stereocenters. The molecule has 1 aromatic rings. The van der Waals surface area contributed by atoms with Crippen LogP contribution in [0.5, 0.6) is 0 Å². The van der Waals surface area contributed by atoms with Crippen molar-refractivity contribution in [3.8, 4) is 0 Å². The van der Waals surface area contributed by atoms with E-state index in [2.05, 4.69) is 12.1 Å². The number of esters is 1. The topological polar surface area (TPSA) is 44.8 Å². The van der Waals surface area contributed by atoms with Crippen LogP contribution in [0.3, 0.4) is 0 Å². The summed E-state index contributed by atoms with van der Waals surface area (Å²) < 4.78 is 17.2. The van der Waals surface area contributed by atoms with Gasteiger partial charge in [-0.3, -0.25) is 0 Å². The highest BCUT2D eigenvalue weighted by atomic mass is 16.7. The van der Waals surface area contributed by atoms with Gasteiger partial charge in [-0.15, -0.1) is 0 Å². The van der Waals surface area contributed by atoms with Crippen molar-refractivity contribution in [2.75, 3.05) is 7.11 Å². The molecular formula is C20H24O4. The molecule has 0 N–H and O–H groups in total. The molecular weight excluding hydrogens is 304 g/mol. The number of benzene rings is 1. The van der Waals surface area contributed by atoms with E-state index < -0.39 is 11.8 Å². The minimum atomic E-state index is -0.836. The molecule has 0 saturated heterocycles. The third kappa shape index (κ3) is 2.63. The van der Waals surface area contributed by atoms with Gasteiger partial charge >= 0.3 is 5.97 Å². The van der Waals surface area contributed by atoms with Crippen molar-refractivity contribution in [1.29, 1.82) is 0 Å². The van der Waals surface area contributed by atoms with E-state index in [1.54, 1.807) is 0 Å². The van der Waals surface area contributed by atoms with Gasteiger partial charge in [-0.25, -0.2) is 4.79 Å². The highest BCUT2D eigenvalue weighted by Gasteiger charge is 2.49. The molecule has 0 unspecified atom stereocenters. The Morgan fingerprint density at radius 2 is 2.00 bits per heavy atom. The van der Waals surface area contributed by atoms with Crippen molar-refractivity contribution in [3.63, 3.8) is 0 Å². The minimum Gasteiger partial charge on any atom is -0.463 e. The molecule has 128 valence electrons. The number of rotatable bonds is 2. The maximum absolute atomic E-state index is 12.2. The van der Waals surface area contributed by atoms with Crippen molar-refractivity contribution in [2.24, 2.45) is 11.8 Å². The van der Waals surface area contributed by atoms with Crippen molar-refractivity contribution >= 4 is 5.97 Å². The van der Waals surface area contributed by atoms with E-state index in [0.717, 1.165) is 17.5 Å². The lowest BCUT2D eigenvalue weighted by Gasteiger charge is -2.40. The van der Waals surface area contributed by atoms with Gasteiger partial charge in [0, 0.05) is 12.0 Å². The lowest BCUT2D eigenvalue weighted by atomic mass is 9.75. The summed E-state index contributed by atoms with van der Waals surface area (Å²) in [5.74, 6) is -0.0643. The molecule has 1 fully saturated rings. The molecule has 0 aromatic heterocycles. The van der Waals surface area contributed by atoms with Crippen LogP contribution in [-0.2, 0) is 31.4 Å². The third-order valence-electron chi connectivity index (χ3n) is 5.68. The summed E-state index contributed by atoms with van der Waals surface area (Å²) in [4.78, 5) is 12.2. The molecule has 1 aliphatic carbocycles. The van der Waals surface area contributed by atoms with Gasteiger partial charge < -0.3 is 14.2 Å². The van der Waals surface area contributed by atoms with E-state index >= 15 is 0 Å². The molecule has 4 nitrogen and oxygen atoms in total. The van der Waals surface area contributed by atoms with Crippen molar-refractivity contribution in [3.05, 3.63) is 47.2 Å². The van der Waals surface area contributed by atoms with E-state index in [1.165, 1.54) is 39.2 Å². The maximum Gasteiger partial charge on any atom is 0.373 e. The van der Waals surface area contributed by atoms with E-state index in [9.17, 15) is 4.79 Å². The summed E-state index contributed by atoms with van der Waals surface area (Å²) in [7, 11) is 1.40. The lowest BCUT2D eigenvalue weighted by molar-refractivity contribution is -0.238. The molecule has 4 rings (SSSR count). The van der Waals surface area contributed by atoms with Crippen LogP contribution < -0.4 is 0 Å². The summed E-state index contributed by atoms with van der Waals surface area (Å²) in [6.07, 6.45) is 9.05. The van der Waals surface area contributed by atoms with Gasteiger partial charge in [0.2, 0.25) is 11.5 Å². The Hall–Kier alpha value is -1.81. The standard InChI is InChI=1S/C20H24O4/c1-22-19(21)18-11-16(14-7-3-2-4-8-14)12-20(24-18)17-10-6-5-9-15(17)13-23-20/h5-6,9-11,14,16H,2-4,7-8,12-13H2,1H3/t16-,20+/m0/s1. The zero-order valence-electron chi connectivity index (χ0n) is 14.1. The summed E-state index contributed by atoms with van der Waals surface area (Å²) in [6, 6.07) is 8.14. The number of ether oxygens (including phenoxy) is 3. The molecule has 1 spiro atoms. The number of allylic oxidation sites excluding steroid dienone is 1.